The van der Waals surface area contributed by atoms with Gasteiger partial charge in [0.25, 0.3) is 11.5 Å². The number of hydrogen-bond acceptors (Lipinski definition) is 6. The Bertz CT molecular complexity index is 1590. The molecule has 0 spiro atoms. The zero-order valence-electron chi connectivity index (χ0n) is 19.8. The van der Waals surface area contributed by atoms with Crippen LogP contribution in [0.25, 0.3) is 22.2 Å². The average Bonchev–Trinajstić information content (AvgIpc) is 3.36. The molecule has 0 bridgehead atoms. The maximum Gasteiger partial charge on any atom is 0.332 e. The topological polar surface area (TPSA) is 120 Å². The van der Waals surface area contributed by atoms with Crippen LogP contribution in [0, 0.1) is 6.92 Å². The van der Waals surface area contributed by atoms with Gasteiger partial charge in [0.05, 0.1) is 29.9 Å². The lowest BCUT2D eigenvalue weighted by Gasteiger charge is -2.43. The highest BCUT2D eigenvalue weighted by atomic mass is 16.3. The molecule has 1 amide bonds. The quantitative estimate of drug-likeness (QED) is 0.459. The fourth-order valence-electron chi connectivity index (χ4n) is 5.01. The summed E-state index contributed by atoms with van der Waals surface area (Å²) in [6.45, 7) is 4.04. The second-order valence-corrected chi connectivity index (χ2v) is 9.34. The van der Waals surface area contributed by atoms with Gasteiger partial charge in [0, 0.05) is 33.3 Å². The Balaban J connectivity index is 1.47. The van der Waals surface area contributed by atoms with Gasteiger partial charge >= 0.3 is 5.69 Å². The van der Waals surface area contributed by atoms with E-state index < -0.39 is 22.9 Å². The highest BCUT2D eigenvalue weighted by molar-refractivity contribution is 5.97. The van der Waals surface area contributed by atoms with E-state index >= 15 is 0 Å². The number of fused-ring (bicyclic) bond motifs is 2. The molecule has 34 heavy (non-hydrogen) atoms. The summed E-state index contributed by atoms with van der Waals surface area (Å²) in [5, 5.41) is 11.4. The number of carbonyl (C=O) groups excluding carboxylic acids is 1. The Morgan fingerprint density at radius 2 is 1.88 bits per heavy atom. The summed E-state index contributed by atoms with van der Waals surface area (Å²) in [4.78, 5) is 48.8. The van der Waals surface area contributed by atoms with Gasteiger partial charge in [0.2, 0.25) is 0 Å². The summed E-state index contributed by atoms with van der Waals surface area (Å²) >= 11 is 0. The number of aromatic nitrogens is 6. The van der Waals surface area contributed by atoms with Crippen molar-refractivity contribution in [2.45, 2.75) is 31.9 Å². The van der Waals surface area contributed by atoms with Crippen molar-refractivity contribution < 1.29 is 9.90 Å². The normalized spacial score (nSPS) is 21.0. The predicted octanol–water partition coefficient (Wildman–Crippen LogP) is 0.467. The summed E-state index contributed by atoms with van der Waals surface area (Å²) in [6.07, 6.45) is 1.90. The lowest BCUT2D eigenvalue weighted by Crippen LogP contribution is -2.54. The highest BCUT2D eigenvalue weighted by Gasteiger charge is 2.42. The van der Waals surface area contributed by atoms with E-state index in [1.54, 1.807) is 35.6 Å². The van der Waals surface area contributed by atoms with Crippen molar-refractivity contribution in [2.24, 2.45) is 21.1 Å². The molecule has 1 aliphatic heterocycles. The Morgan fingerprint density at radius 1 is 1.15 bits per heavy atom. The number of imidazole rings is 2. The third-order valence-electron chi connectivity index (χ3n) is 7.05. The van der Waals surface area contributed by atoms with Crippen LogP contribution in [0.4, 0.5) is 0 Å². The molecule has 5 rings (SSSR count). The molecule has 178 valence electrons. The fraction of sp³-hybridized carbons (Fsp3) is 0.435. The van der Waals surface area contributed by atoms with Crippen molar-refractivity contribution >= 4 is 28.1 Å². The van der Waals surface area contributed by atoms with Gasteiger partial charge in [0.1, 0.15) is 11.4 Å². The lowest BCUT2D eigenvalue weighted by atomic mass is 9.88. The van der Waals surface area contributed by atoms with E-state index in [1.807, 2.05) is 24.6 Å². The van der Waals surface area contributed by atoms with Crippen LogP contribution in [0.3, 0.4) is 0 Å². The molecule has 3 aromatic heterocycles. The molecule has 1 aromatic carbocycles. The number of benzene rings is 1. The second-order valence-electron chi connectivity index (χ2n) is 9.34. The van der Waals surface area contributed by atoms with Gasteiger partial charge in [0.15, 0.2) is 11.2 Å². The van der Waals surface area contributed by atoms with Crippen LogP contribution in [0.15, 0.2) is 34.1 Å². The summed E-state index contributed by atoms with van der Waals surface area (Å²) in [5.74, 6) is 0.678. The highest BCUT2D eigenvalue weighted by Crippen LogP contribution is 2.34. The van der Waals surface area contributed by atoms with Gasteiger partial charge in [-0.2, -0.15) is 0 Å². The van der Waals surface area contributed by atoms with Crippen LogP contribution < -0.4 is 11.2 Å². The van der Waals surface area contributed by atoms with Crippen LogP contribution in [-0.2, 0) is 21.1 Å². The Kier molecular flexibility index (Phi) is 4.80. The zero-order chi connectivity index (χ0) is 24.5. The molecule has 1 N–H and O–H groups in total. The van der Waals surface area contributed by atoms with Crippen LogP contribution in [0.2, 0.25) is 0 Å². The molecule has 0 aliphatic carbocycles. The zero-order valence-corrected chi connectivity index (χ0v) is 19.8. The summed E-state index contributed by atoms with van der Waals surface area (Å²) in [7, 11) is 4.90. The summed E-state index contributed by atoms with van der Waals surface area (Å²) in [6, 6.07) is 4.94. The minimum absolute atomic E-state index is 0.0849. The number of hydrogen-bond donors (Lipinski definition) is 1. The van der Waals surface area contributed by atoms with Crippen molar-refractivity contribution in [3.63, 3.8) is 0 Å². The van der Waals surface area contributed by atoms with E-state index in [0.29, 0.717) is 18.5 Å². The Morgan fingerprint density at radius 3 is 2.59 bits per heavy atom. The molecule has 2 atom stereocenters. The molecule has 1 fully saturated rings. The van der Waals surface area contributed by atoms with Crippen molar-refractivity contribution in [1.82, 2.24) is 33.1 Å². The first-order valence-corrected chi connectivity index (χ1v) is 11.1. The lowest BCUT2D eigenvalue weighted by molar-refractivity contribution is -0.0478. The number of carbonyl (C=O) groups is 1. The SMILES string of the molecule is Cc1nc2cc(C(=O)N3CC[C@@H](n4cnc5c4c(=O)n(C)c(=O)n5C)[C@](C)(O)C3)ccc2n1C. The minimum atomic E-state index is -1.33. The van der Waals surface area contributed by atoms with Gasteiger partial charge < -0.3 is 19.1 Å². The number of nitrogens with zero attached hydrogens (tertiary/aromatic N) is 7. The van der Waals surface area contributed by atoms with Gasteiger partial charge in [-0.3, -0.25) is 18.7 Å². The van der Waals surface area contributed by atoms with Crippen LogP contribution in [0.5, 0.6) is 0 Å². The number of likely N-dealkylation sites (tertiary alicyclic amines) is 1. The van der Waals surface area contributed by atoms with Gasteiger partial charge in [-0.1, -0.05) is 0 Å². The average molecular weight is 466 g/mol. The first-order chi connectivity index (χ1) is 16.0. The van der Waals surface area contributed by atoms with Gasteiger partial charge in [-0.25, -0.2) is 14.8 Å². The maximum atomic E-state index is 13.3. The summed E-state index contributed by atoms with van der Waals surface area (Å²) in [5.41, 5.74) is 0.469. The minimum Gasteiger partial charge on any atom is -0.386 e. The van der Waals surface area contributed by atoms with Crippen LogP contribution in [0.1, 0.15) is 35.6 Å². The summed E-state index contributed by atoms with van der Waals surface area (Å²) < 4.78 is 5.95. The molecule has 0 saturated carbocycles. The van der Waals surface area contributed by atoms with Crippen molar-refractivity contribution in [2.75, 3.05) is 13.1 Å². The number of amides is 1. The molecule has 0 radical (unpaired) electrons. The number of piperidine rings is 1. The fourth-order valence-corrected chi connectivity index (χ4v) is 5.01. The van der Waals surface area contributed by atoms with Gasteiger partial charge in [-0.05, 0) is 38.5 Å². The van der Waals surface area contributed by atoms with E-state index in [-0.39, 0.29) is 23.6 Å². The van der Waals surface area contributed by atoms with E-state index in [0.717, 1.165) is 21.4 Å². The van der Waals surface area contributed by atoms with Crippen molar-refractivity contribution in [3.8, 4) is 0 Å². The molecule has 1 saturated heterocycles. The van der Waals surface area contributed by atoms with Crippen LogP contribution >= 0.6 is 0 Å². The molecular formula is C23H27N7O4. The molecule has 1 aliphatic rings. The Hall–Kier alpha value is -3.73. The monoisotopic (exact) mass is 465 g/mol. The number of β-amino-alcohol motifs (C(OH)–C–C–N with tert-alkyl or cyclic N) is 1. The predicted molar refractivity (Wildman–Crippen MR) is 126 cm³/mol. The third-order valence-corrected chi connectivity index (χ3v) is 7.05. The molecule has 11 nitrogen and oxygen atoms in total. The maximum absolute atomic E-state index is 13.3. The molecule has 0 unspecified atom stereocenters. The number of aryl methyl sites for hydroxylation is 3. The van der Waals surface area contributed by atoms with E-state index in [2.05, 4.69) is 9.97 Å². The molecule has 4 aromatic rings. The first kappa shape index (κ1) is 22.1. The molecular weight excluding hydrogens is 438 g/mol. The third kappa shape index (κ3) is 3.11. The smallest absolute Gasteiger partial charge is 0.332 e. The van der Waals surface area contributed by atoms with Crippen molar-refractivity contribution in [3.05, 3.63) is 56.8 Å². The van der Waals surface area contributed by atoms with Gasteiger partial charge in [-0.15, -0.1) is 0 Å². The largest absolute Gasteiger partial charge is 0.386 e. The Labute approximate surface area is 194 Å². The second kappa shape index (κ2) is 7.39. The molecule has 4 heterocycles. The number of aliphatic hydroxyl groups is 1. The standard InChI is InChI=1S/C23H27N7O4/c1-13-25-15-10-14(6-7-16(15)26(13)3)20(31)29-9-8-17(23(2,34)11-29)30-12-24-19-18(30)21(32)28(5)22(33)27(19)4/h6-7,10,12,17,34H,8-9,11H2,1-5H3/t17-,23-/m1/s1. The molecule has 11 heteroatoms. The van der Waals surface area contributed by atoms with E-state index in [4.69, 9.17) is 0 Å². The number of rotatable bonds is 2. The van der Waals surface area contributed by atoms with E-state index in [1.165, 1.54) is 17.9 Å². The van der Waals surface area contributed by atoms with E-state index in [9.17, 15) is 19.5 Å². The van der Waals surface area contributed by atoms with Crippen LogP contribution in [-0.4, -0.2) is 62.8 Å². The first-order valence-electron chi connectivity index (χ1n) is 11.1. The van der Waals surface area contributed by atoms with Crippen molar-refractivity contribution in [1.29, 1.82) is 0 Å².